The first-order valence-electron chi connectivity index (χ1n) is 11.3. The number of pyridine rings is 1. The Labute approximate surface area is 211 Å². The van der Waals surface area contributed by atoms with Crippen molar-refractivity contribution in [3.05, 3.63) is 88.9 Å². The summed E-state index contributed by atoms with van der Waals surface area (Å²) in [6.45, 7) is 4.78. The summed E-state index contributed by atoms with van der Waals surface area (Å²) < 4.78 is 58.2. The van der Waals surface area contributed by atoms with Crippen LogP contribution in [0.4, 0.5) is 17.6 Å². The lowest BCUT2D eigenvalue weighted by Crippen LogP contribution is -2.48. The highest BCUT2D eigenvalue weighted by atomic mass is 19.4. The number of phenols is 1. The highest BCUT2D eigenvalue weighted by Gasteiger charge is 2.34. The summed E-state index contributed by atoms with van der Waals surface area (Å²) in [7, 11) is 0. The van der Waals surface area contributed by atoms with Gasteiger partial charge in [0, 0.05) is 24.7 Å². The number of carbonyl (C=O) groups is 1. The van der Waals surface area contributed by atoms with Crippen LogP contribution in [0.5, 0.6) is 11.6 Å². The second-order valence-corrected chi connectivity index (χ2v) is 9.08. The number of aromatic nitrogens is 1. The highest BCUT2D eigenvalue weighted by Crippen LogP contribution is 2.34. The molecule has 0 spiro atoms. The van der Waals surface area contributed by atoms with E-state index in [2.05, 4.69) is 10.3 Å². The summed E-state index contributed by atoms with van der Waals surface area (Å²) >= 11 is 0. The maximum atomic E-state index is 14.3. The molecule has 3 rings (SSSR count). The summed E-state index contributed by atoms with van der Waals surface area (Å²) in [5, 5.41) is 21.7. The number of nitrogens with one attached hydrogen (secondary N) is 1. The highest BCUT2D eigenvalue weighted by molar-refractivity contribution is 5.84. The normalized spacial score (nSPS) is 13.4. The number of nitriles is 1. The van der Waals surface area contributed by atoms with Gasteiger partial charge in [0.15, 0.2) is 5.60 Å². The maximum Gasteiger partial charge on any atom is 0.417 e. The maximum absolute atomic E-state index is 14.3. The van der Waals surface area contributed by atoms with Crippen LogP contribution in [0.2, 0.25) is 0 Å². The fraction of sp³-hybridized carbons (Fsp3) is 0.296. The molecular formula is C27H25F4N3O3. The molecule has 0 saturated carbocycles. The van der Waals surface area contributed by atoms with Crippen LogP contribution in [0.3, 0.4) is 0 Å². The molecule has 37 heavy (non-hydrogen) atoms. The van der Waals surface area contributed by atoms with Crippen molar-refractivity contribution in [3.63, 3.8) is 0 Å². The number of rotatable bonds is 8. The average molecular weight is 516 g/mol. The van der Waals surface area contributed by atoms with Gasteiger partial charge in [0.25, 0.3) is 5.91 Å². The van der Waals surface area contributed by atoms with Crippen LogP contribution in [0.25, 0.3) is 0 Å². The number of hydrogen-bond acceptors (Lipinski definition) is 5. The Bertz CT molecular complexity index is 1280. The molecule has 2 aromatic carbocycles. The second-order valence-electron chi connectivity index (χ2n) is 9.08. The molecule has 6 nitrogen and oxygen atoms in total. The van der Waals surface area contributed by atoms with Crippen molar-refractivity contribution in [2.45, 2.75) is 44.4 Å². The lowest BCUT2D eigenvalue weighted by molar-refractivity contribution is -0.138. The third kappa shape index (κ3) is 6.97. The summed E-state index contributed by atoms with van der Waals surface area (Å²) in [4.78, 5) is 16.7. The van der Waals surface area contributed by atoms with E-state index in [9.17, 15) is 32.7 Å². The minimum atomic E-state index is -4.55. The van der Waals surface area contributed by atoms with Gasteiger partial charge in [-0.3, -0.25) is 4.79 Å². The second kappa shape index (κ2) is 10.9. The first-order valence-corrected chi connectivity index (χ1v) is 11.3. The molecule has 0 aliphatic carbocycles. The molecule has 0 aliphatic rings. The zero-order chi connectivity index (χ0) is 27.4. The topological polar surface area (TPSA) is 95.2 Å². The van der Waals surface area contributed by atoms with Crippen LogP contribution in [0.15, 0.2) is 60.8 Å². The number of nitrogens with zero attached hydrogens (tertiary/aromatic N) is 2. The molecule has 2 N–H and O–H groups in total. The number of hydrogen-bond donors (Lipinski definition) is 2. The van der Waals surface area contributed by atoms with Gasteiger partial charge < -0.3 is 15.2 Å². The smallest absolute Gasteiger partial charge is 0.417 e. The molecular weight excluding hydrogens is 490 g/mol. The average Bonchev–Trinajstić information content (AvgIpc) is 2.83. The van der Waals surface area contributed by atoms with E-state index in [0.717, 1.165) is 23.8 Å². The van der Waals surface area contributed by atoms with Gasteiger partial charge in [0.1, 0.15) is 11.6 Å². The molecule has 3 aromatic rings. The van der Waals surface area contributed by atoms with E-state index in [1.165, 1.54) is 32.0 Å². The van der Waals surface area contributed by atoms with Crippen molar-refractivity contribution in [3.8, 4) is 17.7 Å². The Morgan fingerprint density at radius 1 is 1.11 bits per heavy atom. The molecule has 1 heterocycles. The number of benzene rings is 2. The number of carbonyl (C=O) groups excluding carboxylic acids is 1. The first kappa shape index (κ1) is 27.5. The van der Waals surface area contributed by atoms with Crippen LogP contribution >= 0.6 is 0 Å². The molecule has 2 unspecified atom stereocenters. The fourth-order valence-electron chi connectivity index (χ4n) is 3.82. The van der Waals surface area contributed by atoms with Crippen LogP contribution in [-0.4, -0.2) is 28.1 Å². The predicted octanol–water partition coefficient (Wildman–Crippen LogP) is 5.68. The van der Waals surface area contributed by atoms with Crippen molar-refractivity contribution >= 4 is 5.91 Å². The third-order valence-corrected chi connectivity index (χ3v) is 5.95. The minimum absolute atomic E-state index is 0.0302. The fourth-order valence-corrected chi connectivity index (χ4v) is 3.82. The molecule has 1 amide bonds. The van der Waals surface area contributed by atoms with Gasteiger partial charge in [-0.25, -0.2) is 9.37 Å². The van der Waals surface area contributed by atoms with Crippen LogP contribution in [0.1, 0.15) is 54.9 Å². The van der Waals surface area contributed by atoms with Crippen LogP contribution in [-0.2, 0) is 11.0 Å². The first-order chi connectivity index (χ1) is 17.3. The Morgan fingerprint density at radius 3 is 2.35 bits per heavy atom. The van der Waals surface area contributed by atoms with Gasteiger partial charge in [-0.2, -0.15) is 18.4 Å². The zero-order valence-corrected chi connectivity index (χ0v) is 20.3. The predicted molar refractivity (Wildman–Crippen MR) is 127 cm³/mol. The number of halogens is 4. The molecule has 1 aromatic heterocycles. The van der Waals surface area contributed by atoms with Crippen LogP contribution < -0.4 is 10.1 Å². The van der Waals surface area contributed by atoms with E-state index in [4.69, 9.17) is 4.74 Å². The molecule has 0 saturated heterocycles. The van der Waals surface area contributed by atoms with E-state index < -0.39 is 35.0 Å². The Balaban J connectivity index is 1.81. The van der Waals surface area contributed by atoms with Gasteiger partial charge in [0.05, 0.1) is 17.2 Å². The van der Waals surface area contributed by atoms with E-state index in [-0.39, 0.29) is 29.7 Å². The number of phenolic OH excluding ortho intramolecular Hbond substituents is 1. The quantitative estimate of drug-likeness (QED) is 0.377. The molecule has 0 aliphatic heterocycles. The van der Waals surface area contributed by atoms with Crippen LogP contribution in [0, 0.1) is 17.1 Å². The van der Waals surface area contributed by atoms with Crippen molar-refractivity contribution in [1.29, 1.82) is 5.26 Å². The van der Waals surface area contributed by atoms with E-state index in [1.54, 1.807) is 18.2 Å². The largest absolute Gasteiger partial charge is 0.508 e. The summed E-state index contributed by atoms with van der Waals surface area (Å²) in [5.74, 6) is -2.00. The SMILES string of the molecule is CC(c1ccc(O)cc1)C(CNC(=O)C(C)(C)Oc1ccc(C(F)(F)F)cn1)c1cc(F)cc(C#N)c1. The summed E-state index contributed by atoms with van der Waals surface area (Å²) in [5.41, 5.74) is -1.02. The number of aromatic hydroxyl groups is 1. The van der Waals surface area contributed by atoms with E-state index >= 15 is 0 Å². The van der Waals surface area contributed by atoms with Gasteiger partial charge >= 0.3 is 6.18 Å². The monoisotopic (exact) mass is 515 g/mol. The molecule has 194 valence electrons. The third-order valence-electron chi connectivity index (χ3n) is 5.95. The summed E-state index contributed by atoms with van der Waals surface area (Å²) in [6.07, 6.45) is -3.93. The van der Waals surface area contributed by atoms with E-state index in [0.29, 0.717) is 11.8 Å². The number of alkyl halides is 3. The van der Waals surface area contributed by atoms with Crippen molar-refractivity contribution in [1.82, 2.24) is 10.3 Å². The van der Waals surface area contributed by atoms with Crippen molar-refractivity contribution < 1.29 is 32.2 Å². The lowest BCUT2D eigenvalue weighted by Gasteiger charge is -2.29. The van der Waals surface area contributed by atoms with E-state index in [1.807, 2.05) is 13.0 Å². The zero-order valence-electron chi connectivity index (χ0n) is 20.3. The number of amides is 1. The van der Waals surface area contributed by atoms with Gasteiger partial charge in [-0.1, -0.05) is 19.1 Å². The summed E-state index contributed by atoms with van der Waals surface area (Å²) in [6, 6.07) is 14.2. The molecule has 0 bridgehead atoms. The molecule has 2 atom stereocenters. The lowest BCUT2D eigenvalue weighted by atomic mass is 9.82. The van der Waals surface area contributed by atoms with Gasteiger partial charge in [0.2, 0.25) is 5.88 Å². The van der Waals surface area contributed by atoms with Crippen molar-refractivity contribution in [2.24, 2.45) is 0 Å². The Morgan fingerprint density at radius 2 is 1.78 bits per heavy atom. The standard InChI is InChI=1S/C27H25F4N3O3/c1-16(18-4-7-22(35)8-5-18)23(19-10-17(13-32)11-21(28)12-19)15-34-25(36)26(2,3)37-24-9-6-20(14-33-24)27(29,30)31/h4-12,14,16,23,35H,15H2,1-3H3,(H,34,36). The molecule has 10 heteroatoms. The molecule has 0 radical (unpaired) electrons. The van der Waals surface area contributed by atoms with Gasteiger partial charge in [-0.05, 0) is 67.3 Å². The van der Waals surface area contributed by atoms with Gasteiger partial charge in [-0.15, -0.1) is 0 Å². The van der Waals surface area contributed by atoms with Crippen molar-refractivity contribution in [2.75, 3.05) is 6.54 Å². The molecule has 0 fully saturated rings. The Hall–Kier alpha value is -4.13. The Kier molecular flexibility index (Phi) is 8.06. The number of ether oxygens (including phenoxy) is 1. The minimum Gasteiger partial charge on any atom is -0.508 e.